The average molecular weight is 977 g/mol. The van der Waals surface area contributed by atoms with Crippen LogP contribution in [0.15, 0.2) is 0 Å². The molecule has 0 radical (unpaired) electrons. The van der Waals surface area contributed by atoms with Crippen molar-refractivity contribution in [1.82, 2.24) is 0 Å². The van der Waals surface area contributed by atoms with Crippen LogP contribution in [0.1, 0.15) is 192 Å². The Bertz CT molecular complexity index is 964. The molecule has 0 aromatic heterocycles. The molecule has 0 aromatic carbocycles. The minimum atomic E-state index is -0.251. The molecular formula is C44H88O8Th+8. The first kappa shape index (κ1) is 60.9. The molecule has 0 bridgehead atoms. The fourth-order valence-electron chi connectivity index (χ4n) is 2.76. The van der Waals surface area contributed by atoms with E-state index >= 15 is 0 Å². The van der Waals surface area contributed by atoms with Gasteiger partial charge < -0.3 is 0 Å². The zero-order valence-corrected chi connectivity index (χ0v) is 43.0. The Morgan fingerprint density at radius 2 is 0.264 bits per heavy atom. The second-order valence-electron chi connectivity index (χ2n) is 22.3. The molecule has 0 fully saturated rings. The van der Waals surface area contributed by atoms with Crippen LogP contribution in [0, 0.1) is 83.3 Å². The molecule has 8 N–H and O–H groups in total. The summed E-state index contributed by atoms with van der Waals surface area (Å²) in [6, 6.07) is 0. The topological polar surface area (TPSA) is 171 Å². The van der Waals surface area contributed by atoms with Crippen LogP contribution in [0.4, 0.5) is 0 Å². The summed E-state index contributed by atoms with van der Waals surface area (Å²) < 4.78 is 0. The van der Waals surface area contributed by atoms with E-state index in [4.69, 9.17) is 0 Å². The molecule has 53 heavy (non-hydrogen) atoms. The van der Waals surface area contributed by atoms with Gasteiger partial charge in [-0.15, -0.1) is 0 Å². The van der Waals surface area contributed by atoms with Gasteiger partial charge in [0.05, 0.1) is 43.3 Å². The van der Waals surface area contributed by atoms with Gasteiger partial charge in [0.25, 0.3) is 0 Å². The van der Waals surface area contributed by atoms with Gasteiger partial charge in [-0.25, -0.2) is 0 Å². The Labute approximate surface area is 357 Å². The van der Waals surface area contributed by atoms with E-state index < -0.39 is 0 Å². The SMILES string of the molecule is CC(C)(C)C(=[OH+])CC(=[OH+])C(C)(C)C.CC(C)(C)C(=[OH+])CC(=[OH+])C(C)(C)C.CC(C)(C)C(=[OH+])CC(=[OH+])C(C)(C)C.CC(C)(C)C(=[OH+])CC(=[OH+])C(C)(C)C.[Th]. The fourth-order valence-corrected chi connectivity index (χ4v) is 2.76. The summed E-state index contributed by atoms with van der Waals surface area (Å²) in [4.78, 5) is 77.2. The zero-order chi connectivity index (χ0) is 43.4. The Morgan fingerprint density at radius 3 is 0.302 bits per heavy atom. The van der Waals surface area contributed by atoms with E-state index in [0.717, 1.165) is 0 Å². The maximum absolute atomic E-state index is 9.66. The monoisotopic (exact) mass is 977 g/mol. The van der Waals surface area contributed by atoms with Crippen molar-refractivity contribution in [2.45, 2.75) is 192 Å². The third-order valence-corrected chi connectivity index (χ3v) is 8.27. The van der Waals surface area contributed by atoms with Gasteiger partial charge in [0, 0.05) is 39.9 Å². The van der Waals surface area contributed by atoms with Crippen LogP contribution in [-0.2, 0) is 0 Å². The predicted octanol–water partition coefficient (Wildman–Crippen LogP) is 10.2. The van der Waals surface area contributed by atoms with Crippen LogP contribution in [-0.4, -0.2) is 84.6 Å². The first-order valence-electron chi connectivity index (χ1n) is 18.6. The van der Waals surface area contributed by atoms with E-state index in [0.29, 0.717) is 46.3 Å². The molecule has 0 aliphatic rings. The van der Waals surface area contributed by atoms with Crippen LogP contribution < -0.4 is 0 Å². The molecule has 0 spiro atoms. The molecule has 0 saturated heterocycles. The molecule has 0 rings (SSSR count). The maximum atomic E-state index is 9.66. The van der Waals surface area contributed by atoms with Crippen molar-refractivity contribution in [2.24, 2.45) is 43.3 Å². The van der Waals surface area contributed by atoms with Crippen molar-refractivity contribution in [3.05, 3.63) is 0 Å². The molecule has 0 unspecified atom stereocenters. The first-order valence-corrected chi connectivity index (χ1v) is 18.6. The molecule has 0 heterocycles. The number of ketones is 8. The standard InChI is InChI=1S/4C11H20O2.Th/c4*1-10(2,3)8(12)7-9(13)11(4,5)6;/h4*7H2,1-6H3;/p+8. The van der Waals surface area contributed by atoms with Crippen LogP contribution in [0.3, 0.4) is 0 Å². The predicted molar refractivity (Wildman–Crippen MR) is 230 cm³/mol. The van der Waals surface area contributed by atoms with E-state index in [1.807, 2.05) is 166 Å². The van der Waals surface area contributed by atoms with Crippen LogP contribution in [0.25, 0.3) is 0 Å². The van der Waals surface area contributed by atoms with Gasteiger partial charge >= 0.3 is 46.3 Å². The molecule has 0 aromatic rings. The summed E-state index contributed by atoms with van der Waals surface area (Å²) in [6.07, 6.45) is 1.14. The smallest absolute Gasteiger partial charge is 0.282 e. The van der Waals surface area contributed by atoms with Crippen LogP contribution >= 0.6 is 0 Å². The maximum Gasteiger partial charge on any atom is 0.311 e. The van der Waals surface area contributed by atoms with Crippen molar-refractivity contribution >= 4 is 46.3 Å². The molecule has 0 saturated carbocycles. The van der Waals surface area contributed by atoms with E-state index in [1.165, 1.54) is 0 Å². The van der Waals surface area contributed by atoms with Crippen LogP contribution in [0.2, 0.25) is 0 Å². The summed E-state index contributed by atoms with van der Waals surface area (Å²) in [6.45, 7) is 46.3. The van der Waals surface area contributed by atoms with Crippen molar-refractivity contribution in [1.29, 1.82) is 0 Å². The van der Waals surface area contributed by atoms with E-state index in [-0.39, 0.29) is 109 Å². The van der Waals surface area contributed by atoms with Crippen molar-refractivity contribution in [3.63, 3.8) is 0 Å². The summed E-state index contributed by atoms with van der Waals surface area (Å²) in [5.41, 5.74) is -2.01. The van der Waals surface area contributed by atoms with Gasteiger partial charge in [0.2, 0.25) is 0 Å². The fraction of sp³-hybridized carbons (Fsp3) is 0.818. The molecule has 8 nitrogen and oxygen atoms in total. The molecule has 308 valence electrons. The first-order chi connectivity index (χ1) is 22.2. The second-order valence-corrected chi connectivity index (χ2v) is 22.3. The van der Waals surface area contributed by atoms with Crippen LogP contribution in [0.5, 0.6) is 0 Å². The Morgan fingerprint density at radius 1 is 0.208 bits per heavy atom. The zero-order valence-electron chi connectivity index (χ0n) is 38.9. The van der Waals surface area contributed by atoms with Gasteiger partial charge in [0.1, 0.15) is 0 Å². The molecule has 0 aliphatic carbocycles. The minimum absolute atomic E-state index is 0. The number of rotatable bonds is 8. The molecular weight excluding hydrogens is 889 g/mol. The van der Waals surface area contributed by atoms with E-state index in [2.05, 4.69) is 0 Å². The quantitative estimate of drug-likeness (QED) is 0.167. The number of hydrogen-bond donors (Lipinski definition) is 0. The number of carbonyl (C=O) groups excluding carboxylic acids is 8. The summed E-state index contributed by atoms with van der Waals surface area (Å²) >= 11 is 0. The van der Waals surface area contributed by atoms with Gasteiger partial charge in [-0.2, -0.15) is 0 Å². The summed E-state index contributed by atoms with van der Waals surface area (Å²) in [7, 11) is 0. The summed E-state index contributed by atoms with van der Waals surface area (Å²) in [5.74, 6) is 2.67. The minimum Gasteiger partial charge on any atom is -0.282 e. The third kappa shape index (κ3) is 30.6. The van der Waals surface area contributed by atoms with Gasteiger partial charge in [-0.1, -0.05) is 0 Å². The normalized spacial score (nSPS) is 12.5. The number of hydrogen-bond acceptors (Lipinski definition) is 0. The van der Waals surface area contributed by atoms with E-state index in [9.17, 15) is 38.4 Å². The van der Waals surface area contributed by atoms with Gasteiger partial charge in [-0.05, 0) is 166 Å². The summed E-state index contributed by atoms with van der Waals surface area (Å²) in [5, 5.41) is 0. The van der Waals surface area contributed by atoms with Crippen molar-refractivity contribution in [2.75, 3.05) is 0 Å². The van der Waals surface area contributed by atoms with Crippen molar-refractivity contribution < 1.29 is 78.3 Å². The largest absolute Gasteiger partial charge is 0.311 e. The average Bonchev–Trinajstić information content (AvgIpc) is 2.85. The van der Waals surface area contributed by atoms with E-state index in [1.54, 1.807) is 0 Å². The van der Waals surface area contributed by atoms with Gasteiger partial charge in [-0.3, -0.25) is 38.4 Å². The molecule has 0 amide bonds. The van der Waals surface area contributed by atoms with Gasteiger partial charge in [0.15, 0.2) is 25.7 Å². The Balaban J connectivity index is -0.000000192. The Kier molecular flexibility index (Phi) is 25.8. The molecule has 0 atom stereocenters. The molecule has 0 aliphatic heterocycles. The van der Waals surface area contributed by atoms with Crippen molar-refractivity contribution in [3.8, 4) is 0 Å². The second kappa shape index (κ2) is 22.4. The molecule has 9 heteroatoms. The third-order valence-electron chi connectivity index (χ3n) is 8.27. The Hall–Kier alpha value is -1.32.